The minimum Gasteiger partial charge on any atom is -0.135 e. The smallest absolute Gasteiger partial charge is 0.0814 e. The van der Waals surface area contributed by atoms with Gasteiger partial charge in [-0.1, -0.05) is 36.4 Å². The van der Waals surface area contributed by atoms with Gasteiger partial charge in [0.15, 0.2) is 0 Å². The molecule has 0 saturated carbocycles. The largest absolute Gasteiger partial charge is 0.135 e. The van der Waals surface area contributed by atoms with Crippen LogP contribution in [-0.4, -0.2) is 8.41 Å². The standard InChI is InChI=1S/C12H8S.BH3/c1-3-7-11-9(5-1)10-6-2-4-8-12(10)13-11;/h1-8H;1H3. The molecule has 3 aromatic rings. The highest BCUT2D eigenvalue weighted by atomic mass is 32.1. The molecule has 0 nitrogen and oxygen atoms in total. The molecule has 68 valence electrons. The van der Waals surface area contributed by atoms with Gasteiger partial charge in [-0.15, -0.1) is 11.3 Å². The lowest BCUT2D eigenvalue weighted by Gasteiger charge is -1.88. The van der Waals surface area contributed by atoms with Gasteiger partial charge in [-0.25, -0.2) is 0 Å². The van der Waals surface area contributed by atoms with Crippen LogP contribution in [0.3, 0.4) is 0 Å². The van der Waals surface area contributed by atoms with Crippen molar-refractivity contribution in [3.63, 3.8) is 0 Å². The number of thiophene rings is 1. The molecule has 1 heterocycles. The first-order chi connectivity index (χ1) is 6.45. The summed E-state index contributed by atoms with van der Waals surface area (Å²) >= 11 is 1.86. The molecule has 0 aliphatic carbocycles. The molecule has 0 radical (unpaired) electrons. The van der Waals surface area contributed by atoms with Crippen LogP contribution in [0.25, 0.3) is 20.2 Å². The Morgan fingerprint density at radius 3 is 1.57 bits per heavy atom. The van der Waals surface area contributed by atoms with Crippen molar-refractivity contribution in [2.45, 2.75) is 0 Å². The summed E-state index contributed by atoms with van der Waals surface area (Å²) in [5.41, 5.74) is 0. The lowest BCUT2D eigenvalue weighted by Crippen LogP contribution is -1.62. The van der Waals surface area contributed by atoms with E-state index in [2.05, 4.69) is 48.5 Å². The highest BCUT2D eigenvalue weighted by Crippen LogP contribution is 2.32. The van der Waals surface area contributed by atoms with Gasteiger partial charge in [0, 0.05) is 20.2 Å². The van der Waals surface area contributed by atoms with E-state index in [9.17, 15) is 0 Å². The summed E-state index contributed by atoms with van der Waals surface area (Å²) in [4.78, 5) is 0. The van der Waals surface area contributed by atoms with Crippen molar-refractivity contribution in [2.24, 2.45) is 0 Å². The molecule has 0 fully saturated rings. The van der Waals surface area contributed by atoms with Gasteiger partial charge in [-0.2, -0.15) is 0 Å². The van der Waals surface area contributed by atoms with Gasteiger partial charge >= 0.3 is 0 Å². The van der Waals surface area contributed by atoms with E-state index < -0.39 is 0 Å². The molecule has 0 spiro atoms. The van der Waals surface area contributed by atoms with Crippen LogP contribution in [0.1, 0.15) is 0 Å². The maximum atomic E-state index is 2.19. The normalized spacial score (nSPS) is 10.3. The van der Waals surface area contributed by atoms with Gasteiger partial charge in [0.05, 0.1) is 8.41 Å². The Labute approximate surface area is 88.8 Å². The minimum atomic E-state index is 0. The average molecular weight is 198 g/mol. The summed E-state index contributed by atoms with van der Waals surface area (Å²) in [6, 6.07) is 17.1. The molecule has 1 aromatic heterocycles. The zero-order valence-electron chi connectivity index (χ0n) is 7.03. The van der Waals surface area contributed by atoms with Crippen LogP contribution >= 0.6 is 11.3 Å². The fraction of sp³-hybridized carbons (Fsp3) is 0. The van der Waals surface area contributed by atoms with E-state index in [1.54, 1.807) is 0 Å². The van der Waals surface area contributed by atoms with Crippen molar-refractivity contribution in [3.8, 4) is 0 Å². The molecular weight excluding hydrogens is 187 g/mol. The zero-order valence-corrected chi connectivity index (χ0v) is 7.84. The van der Waals surface area contributed by atoms with Crippen LogP contribution in [0.15, 0.2) is 48.5 Å². The van der Waals surface area contributed by atoms with Crippen molar-refractivity contribution in [2.75, 3.05) is 0 Å². The summed E-state index contributed by atoms with van der Waals surface area (Å²) in [6.45, 7) is 0. The Morgan fingerprint density at radius 1 is 0.643 bits per heavy atom. The van der Waals surface area contributed by atoms with Gasteiger partial charge in [0.1, 0.15) is 0 Å². The molecule has 0 aliphatic heterocycles. The number of hydrogen-bond acceptors (Lipinski definition) is 1. The number of benzene rings is 2. The van der Waals surface area contributed by atoms with Gasteiger partial charge in [-0.05, 0) is 12.1 Å². The molecule has 14 heavy (non-hydrogen) atoms. The third-order valence-corrected chi connectivity index (χ3v) is 3.44. The molecule has 3 rings (SSSR count). The second kappa shape index (κ2) is 3.47. The van der Waals surface area contributed by atoms with Gasteiger partial charge in [0.25, 0.3) is 0 Å². The Balaban J connectivity index is 0.000000750. The van der Waals surface area contributed by atoms with Crippen molar-refractivity contribution in [1.29, 1.82) is 0 Å². The molecular formula is C12H11BS. The monoisotopic (exact) mass is 198 g/mol. The first kappa shape index (κ1) is 9.29. The molecule has 0 atom stereocenters. The first-order valence-electron chi connectivity index (χ1n) is 4.31. The Bertz CT molecular complexity index is 518. The van der Waals surface area contributed by atoms with Crippen molar-refractivity contribution in [3.05, 3.63) is 48.5 Å². The van der Waals surface area contributed by atoms with E-state index in [-0.39, 0.29) is 8.41 Å². The second-order valence-corrected chi connectivity index (χ2v) is 4.18. The molecule has 0 amide bonds. The predicted octanol–water partition coefficient (Wildman–Crippen LogP) is 2.87. The van der Waals surface area contributed by atoms with E-state index in [1.807, 2.05) is 11.3 Å². The summed E-state index contributed by atoms with van der Waals surface area (Å²) in [6.07, 6.45) is 0. The maximum absolute atomic E-state index is 2.19. The lowest BCUT2D eigenvalue weighted by molar-refractivity contribution is 1.84. The molecule has 0 N–H and O–H groups in total. The molecule has 0 unspecified atom stereocenters. The second-order valence-electron chi connectivity index (χ2n) is 3.09. The molecule has 2 heteroatoms. The topological polar surface area (TPSA) is 0 Å². The number of rotatable bonds is 0. The molecule has 0 bridgehead atoms. The highest BCUT2D eigenvalue weighted by Gasteiger charge is 2.01. The van der Waals surface area contributed by atoms with Crippen LogP contribution < -0.4 is 0 Å². The van der Waals surface area contributed by atoms with E-state index in [4.69, 9.17) is 0 Å². The SMILES string of the molecule is B.c1ccc2c(c1)sc1ccccc12. The third-order valence-electron chi connectivity index (χ3n) is 2.28. The maximum Gasteiger partial charge on any atom is 0.0814 e. The number of fused-ring (bicyclic) bond motifs is 3. The summed E-state index contributed by atoms with van der Waals surface area (Å²) in [5, 5.41) is 2.76. The van der Waals surface area contributed by atoms with Crippen LogP contribution in [0.2, 0.25) is 0 Å². The Morgan fingerprint density at radius 2 is 1.07 bits per heavy atom. The van der Waals surface area contributed by atoms with E-state index in [1.165, 1.54) is 20.2 Å². The quantitative estimate of drug-likeness (QED) is 0.487. The summed E-state index contributed by atoms with van der Waals surface area (Å²) in [5.74, 6) is 0. The van der Waals surface area contributed by atoms with Crippen LogP contribution in [0.4, 0.5) is 0 Å². The van der Waals surface area contributed by atoms with E-state index in [0.29, 0.717) is 0 Å². The van der Waals surface area contributed by atoms with Crippen molar-refractivity contribution >= 4 is 39.9 Å². The van der Waals surface area contributed by atoms with E-state index >= 15 is 0 Å². The van der Waals surface area contributed by atoms with Crippen LogP contribution in [-0.2, 0) is 0 Å². The number of hydrogen-bond donors (Lipinski definition) is 0. The predicted molar refractivity (Wildman–Crippen MR) is 69.3 cm³/mol. The Kier molecular flexibility index (Phi) is 2.30. The third kappa shape index (κ3) is 1.23. The van der Waals surface area contributed by atoms with Gasteiger partial charge < -0.3 is 0 Å². The fourth-order valence-corrected chi connectivity index (χ4v) is 2.78. The average Bonchev–Trinajstić information content (AvgIpc) is 2.56. The lowest BCUT2D eigenvalue weighted by atomic mass is 10.2. The molecule has 0 aliphatic rings. The van der Waals surface area contributed by atoms with Crippen LogP contribution in [0, 0.1) is 0 Å². The Hall–Kier alpha value is -1.28. The van der Waals surface area contributed by atoms with Crippen molar-refractivity contribution < 1.29 is 0 Å². The molecule has 2 aromatic carbocycles. The van der Waals surface area contributed by atoms with Crippen LogP contribution in [0.5, 0.6) is 0 Å². The minimum absolute atomic E-state index is 0. The summed E-state index contributed by atoms with van der Waals surface area (Å²) in [7, 11) is 0. The summed E-state index contributed by atoms with van der Waals surface area (Å²) < 4.78 is 2.76. The van der Waals surface area contributed by atoms with E-state index in [0.717, 1.165) is 0 Å². The first-order valence-corrected chi connectivity index (χ1v) is 5.13. The highest BCUT2D eigenvalue weighted by molar-refractivity contribution is 7.25. The fourth-order valence-electron chi connectivity index (χ4n) is 1.67. The van der Waals surface area contributed by atoms with Gasteiger partial charge in [-0.3, -0.25) is 0 Å². The van der Waals surface area contributed by atoms with Gasteiger partial charge in [0.2, 0.25) is 0 Å². The zero-order chi connectivity index (χ0) is 8.67. The molecule has 0 saturated heterocycles. The van der Waals surface area contributed by atoms with Crippen molar-refractivity contribution in [1.82, 2.24) is 0 Å².